The van der Waals surface area contributed by atoms with Gasteiger partial charge in [-0.1, -0.05) is 27.7 Å². The fraction of sp³-hybridized carbons (Fsp3) is 0.667. The summed E-state index contributed by atoms with van der Waals surface area (Å²) in [7, 11) is 3.29. The van der Waals surface area contributed by atoms with Gasteiger partial charge in [0.2, 0.25) is 0 Å². The molecule has 1 aromatic carbocycles. The summed E-state index contributed by atoms with van der Waals surface area (Å²) in [5, 5.41) is 11.4. The average Bonchev–Trinajstić information content (AvgIpc) is 2.33. The Morgan fingerprint density at radius 2 is 1.48 bits per heavy atom. The lowest BCUT2D eigenvalue weighted by Crippen LogP contribution is -2.44. The molecule has 0 spiro atoms. The van der Waals surface area contributed by atoms with Gasteiger partial charge in [0, 0.05) is 5.56 Å². The number of rotatable bonds is 3. The van der Waals surface area contributed by atoms with Crippen molar-refractivity contribution in [2.24, 2.45) is 10.8 Å². The Labute approximate surface area is 128 Å². The molecule has 0 saturated heterocycles. The van der Waals surface area contributed by atoms with E-state index in [0.29, 0.717) is 0 Å². The molecule has 118 valence electrons. The van der Waals surface area contributed by atoms with Crippen LogP contribution in [0.25, 0.3) is 0 Å². The molecule has 0 heterocycles. The Balaban J connectivity index is 2.52. The van der Waals surface area contributed by atoms with Crippen molar-refractivity contribution in [3.63, 3.8) is 0 Å². The smallest absolute Gasteiger partial charge is 0.125 e. The fourth-order valence-electron chi connectivity index (χ4n) is 4.43. The lowest BCUT2D eigenvalue weighted by Gasteiger charge is -2.50. The van der Waals surface area contributed by atoms with Crippen LogP contribution in [-0.2, 0) is 5.60 Å². The van der Waals surface area contributed by atoms with E-state index in [0.717, 1.165) is 36.3 Å². The molecule has 0 radical (unpaired) electrons. The van der Waals surface area contributed by atoms with Gasteiger partial charge in [0.25, 0.3) is 0 Å². The first-order valence-electron chi connectivity index (χ1n) is 7.56. The highest BCUT2D eigenvalue weighted by molar-refractivity contribution is 5.44. The molecule has 0 bridgehead atoms. The largest absolute Gasteiger partial charge is 0.497 e. The molecule has 21 heavy (non-hydrogen) atoms. The molecule has 3 nitrogen and oxygen atoms in total. The van der Waals surface area contributed by atoms with Crippen molar-refractivity contribution in [3.8, 4) is 11.5 Å². The Bertz CT molecular complexity index is 501. The zero-order valence-corrected chi connectivity index (χ0v) is 14.1. The summed E-state index contributed by atoms with van der Waals surface area (Å²) in [6.07, 6.45) is 2.56. The molecule has 2 rings (SSSR count). The first-order chi connectivity index (χ1) is 9.61. The highest BCUT2D eigenvalue weighted by atomic mass is 16.5. The van der Waals surface area contributed by atoms with Crippen molar-refractivity contribution < 1.29 is 14.6 Å². The highest BCUT2D eigenvalue weighted by Gasteiger charge is 2.48. The van der Waals surface area contributed by atoms with Crippen LogP contribution in [0.2, 0.25) is 0 Å². The second kappa shape index (κ2) is 5.20. The van der Waals surface area contributed by atoms with Crippen molar-refractivity contribution in [1.29, 1.82) is 0 Å². The van der Waals surface area contributed by atoms with Crippen molar-refractivity contribution in [2.75, 3.05) is 14.2 Å². The average molecular weight is 292 g/mol. The van der Waals surface area contributed by atoms with E-state index in [1.54, 1.807) is 14.2 Å². The van der Waals surface area contributed by atoms with Crippen LogP contribution >= 0.6 is 0 Å². The standard InChI is InChI=1S/C18H28O3/c1-16(2)10-17(3,4)12-18(19,11-16)14-9-13(20-5)7-8-15(14)21-6/h7-9,19H,10-12H2,1-6H3. The van der Waals surface area contributed by atoms with E-state index < -0.39 is 5.60 Å². The van der Waals surface area contributed by atoms with Crippen molar-refractivity contribution in [2.45, 2.75) is 52.6 Å². The Morgan fingerprint density at radius 3 is 1.95 bits per heavy atom. The molecule has 0 aromatic heterocycles. The molecule has 0 amide bonds. The summed E-state index contributed by atoms with van der Waals surface area (Å²) >= 11 is 0. The van der Waals surface area contributed by atoms with E-state index in [1.807, 2.05) is 18.2 Å². The molecule has 1 saturated carbocycles. The molecular weight excluding hydrogens is 264 g/mol. The van der Waals surface area contributed by atoms with Gasteiger partial charge in [-0.15, -0.1) is 0 Å². The van der Waals surface area contributed by atoms with Crippen LogP contribution in [0.4, 0.5) is 0 Å². The number of benzene rings is 1. The lowest BCUT2D eigenvalue weighted by atomic mass is 9.58. The Morgan fingerprint density at radius 1 is 0.905 bits per heavy atom. The zero-order valence-electron chi connectivity index (χ0n) is 14.1. The third-order valence-corrected chi connectivity index (χ3v) is 4.41. The minimum absolute atomic E-state index is 0.0879. The third kappa shape index (κ3) is 3.34. The summed E-state index contributed by atoms with van der Waals surface area (Å²) in [6.45, 7) is 8.91. The predicted molar refractivity (Wildman–Crippen MR) is 84.9 cm³/mol. The molecular formula is C18H28O3. The van der Waals surface area contributed by atoms with Gasteiger partial charge in [-0.2, -0.15) is 0 Å². The van der Waals surface area contributed by atoms with Crippen molar-refractivity contribution in [1.82, 2.24) is 0 Å². The number of hydrogen-bond donors (Lipinski definition) is 1. The van der Waals surface area contributed by atoms with E-state index in [2.05, 4.69) is 27.7 Å². The number of aliphatic hydroxyl groups is 1. The fourth-order valence-corrected chi connectivity index (χ4v) is 4.43. The van der Waals surface area contributed by atoms with Crippen LogP contribution in [0, 0.1) is 10.8 Å². The van der Waals surface area contributed by atoms with Crippen LogP contribution < -0.4 is 9.47 Å². The first-order valence-corrected chi connectivity index (χ1v) is 7.56. The van der Waals surface area contributed by atoms with Crippen LogP contribution in [0.3, 0.4) is 0 Å². The van der Waals surface area contributed by atoms with Crippen LogP contribution in [0.5, 0.6) is 11.5 Å². The van der Waals surface area contributed by atoms with E-state index in [-0.39, 0.29) is 10.8 Å². The maximum atomic E-state index is 11.4. The highest BCUT2D eigenvalue weighted by Crippen LogP contribution is 2.55. The van der Waals surface area contributed by atoms with E-state index in [1.165, 1.54) is 0 Å². The summed E-state index contributed by atoms with van der Waals surface area (Å²) < 4.78 is 10.8. The molecule has 1 aromatic rings. The third-order valence-electron chi connectivity index (χ3n) is 4.41. The Hall–Kier alpha value is -1.22. The second-order valence-corrected chi connectivity index (χ2v) is 7.96. The van der Waals surface area contributed by atoms with Gasteiger partial charge in [-0.25, -0.2) is 0 Å². The van der Waals surface area contributed by atoms with Gasteiger partial charge >= 0.3 is 0 Å². The minimum atomic E-state index is -0.884. The summed E-state index contributed by atoms with van der Waals surface area (Å²) in [5.74, 6) is 1.48. The van der Waals surface area contributed by atoms with Crippen molar-refractivity contribution in [3.05, 3.63) is 23.8 Å². The molecule has 0 unspecified atom stereocenters. The molecule has 1 N–H and O–H groups in total. The SMILES string of the molecule is COc1ccc(OC)c(C2(O)CC(C)(C)CC(C)(C)C2)c1. The van der Waals surface area contributed by atoms with Gasteiger partial charge in [-0.3, -0.25) is 0 Å². The summed E-state index contributed by atoms with van der Waals surface area (Å²) in [6, 6.07) is 5.65. The summed E-state index contributed by atoms with van der Waals surface area (Å²) in [4.78, 5) is 0. The molecule has 0 aliphatic heterocycles. The summed E-state index contributed by atoms with van der Waals surface area (Å²) in [5.41, 5.74) is 0.130. The van der Waals surface area contributed by atoms with E-state index in [4.69, 9.17) is 9.47 Å². The van der Waals surface area contributed by atoms with Gasteiger partial charge < -0.3 is 14.6 Å². The molecule has 1 fully saturated rings. The quantitative estimate of drug-likeness (QED) is 0.910. The van der Waals surface area contributed by atoms with Crippen LogP contribution in [0.15, 0.2) is 18.2 Å². The maximum absolute atomic E-state index is 11.4. The van der Waals surface area contributed by atoms with Gasteiger partial charge in [0.1, 0.15) is 11.5 Å². The van der Waals surface area contributed by atoms with Crippen molar-refractivity contribution >= 4 is 0 Å². The lowest BCUT2D eigenvalue weighted by molar-refractivity contribution is -0.0923. The topological polar surface area (TPSA) is 38.7 Å². The van der Waals surface area contributed by atoms with Gasteiger partial charge in [0.15, 0.2) is 0 Å². The molecule has 3 heteroatoms. The minimum Gasteiger partial charge on any atom is -0.497 e. The maximum Gasteiger partial charge on any atom is 0.125 e. The Kier molecular flexibility index (Phi) is 4.00. The molecule has 0 atom stereocenters. The van der Waals surface area contributed by atoms with Gasteiger partial charge in [-0.05, 0) is 48.3 Å². The number of ether oxygens (including phenoxy) is 2. The first kappa shape index (κ1) is 16.2. The second-order valence-electron chi connectivity index (χ2n) is 7.96. The monoisotopic (exact) mass is 292 g/mol. The van der Waals surface area contributed by atoms with E-state index in [9.17, 15) is 5.11 Å². The molecule has 1 aliphatic carbocycles. The van der Waals surface area contributed by atoms with Crippen LogP contribution in [0.1, 0.15) is 52.5 Å². The number of methoxy groups -OCH3 is 2. The zero-order chi connectivity index (χ0) is 15.9. The predicted octanol–water partition coefficient (Wildman–Crippen LogP) is 4.13. The molecule has 1 aliphatic rings. The van der Waals surface area contributed by atoms with Crippen LogP contribution in [-0.4, -0.2) is 19.3 Å². The van der Waals surface area contributed by atoms with E-state index >= 15 is 0 Å². The number of hydrogen-bond acceptors (Lipinski definition) is 3. The normalized spacial score (nSPS) is 22.6. The van der Waals surface area contributed by atoms with Gasteiger partial charge in [0.05, 0.1) is 19.8 Å².